The predicted molar refractivity (Wildman–Crippen MR) is 80.0 cm³/mol. The average Bonchev–Trinajstić information content (AvgIpc) is 3.17. The topological polar surface area (TPSA) is 56.1 Å². The molecule has 2 aliphatic rings. The van der Waals surface area contributed by atoms with Crippen LogP contribution >= 0.6 is 0 Å². The van der Waals surface area contributed by atoms with E-state index < -0.39 is 5.54 Å². The highest BCUT2D eigenvalue weighted by Crippen LogP contribution is 2.39. The van der Waals surface area contributed by atoms with E-state index in [0.717, 1.165) is 31.5 Å². The second-order valence-corrected chi connectivity index (χ2v) is 6.35. The Balaban J connectivity index is 1.81. The molecule has 2 unspecified atom stereocenters. The highest BCUT2D eigenvalue weighted by molar-refractivity contribution is 5.81. The van der Waals surface area contributed by atoms with Crippen molar-refractivity contribution >= 4 is 5.97 Å². The van der Waals surface area contributed by atoms with Gasteiger partial charge in [-0.3, -0.25) is 10.1 Å². The van der Waals surface area contributed by atoms with Crippen molar-refractivity contribution in [3.05, 3.63) is 18.2 Å². The number of carbonyl (C=O) groups is 1. The first-order chi connectivity index (χ1) is 10.1. The molecular formula is C16H25N3O2. The number of hydrogen-bond donors (Lipinski definition) is 1. The van der Waals surface area contributed by atoms with Crippen LogP contribution in [0.3, 0.4) is 0 Å². The van der Waals surface area contributed by atoms with Crippen molar-refractivity contribution < 1.29 is 9.53 Å². The van der Waals surface area contributed by atoms with Crippen molar-refractivity contribution in [1.29, 1.82) is 0 Å². The summed E-state index contributed by atoms with van der Waals surface area (Å²) in [7, 11) is 0. The van der Waals surface area contributed by atoms with Crippen LogP contribution < -0.4 is 5.32 Å². The molecule has 5 heteroatoms. The van der Waals surface area contributed by atoms with Gasteiger partial charge in [0.05, 0.1) is 6.61 Å². The molecule has 116 valence electrons. The highest BCUT2D eigenvalue weighted by atomic mass is 16.5. The fourth-order valence-electron chi connectivity index (χ4n) is 3.52. The molecule has 0 radical (unpaired) electrons. The average molecular weight is 291 g/mol. The maximum atomic E-state index is 12.6. The van der Waals surface area contributed by atoms with E-state index in [2.05, 4.69) is 14.9 Å². The molecule has 5 nitrogen and oxygen atoms in total. The van der Waals surface area contributed by atoms with Gasteiger partial charge in [0.15, 0.2) is 0 Å². The lowest BCUT2D eigenvalue weighted by atomic mass is 9.78. The van der Waals surface area contributed by atoms with E-state index in [1.165, 1.54) is 12.8 Å². The summed E-state index contributed by atoms with van der Waals surface area (Å²) in [6.45, 7) is 4.35. The van der Waals surface area contributed by atoms with Gasteiger partial charge in [-0.1, -0.05) is 0 Å². The molecule has 1 N–H and O–H groups in total. The van der Waals surface area contributed by atoms with E-state index in [1.54, 1.807) is 0 Å². The number of ether oxygens (including phenoxy) is 1. The Kier molecular flexibility index (Phi) is 4.02. The van der Waals surface area contributed by atoms with Gasteiger partial charge in [0, 0.05) is 24.5 Å². The van der Waals surface area contributed by atoms with Crippen molar-refractivity contribution in [2.24, 2.45) is 0 Å². The molecule has 2 fully saturated rings. The summed E-state index contributed by atoms with van der Waals surface area (Å²) in [5, 5.41) is 3.59. The lowest BCUT2D eigenvalue weighted by Gasteiger charge is -2.40. The van der Waals surface area contributed by atoms with E-state index in [0.29, 0.717) is 18.7 Å². The fraction of sp³-hybridized carbons (Fsp3) is 0.750. The van der Waals surface area contributed by atoms with Gasteiger partial charge in [-0.05, 0) is 52.4 Å². The molecule has 2 saturated carbocycles. The smallest absolute Gasteiger partial charge is 0.326 e. The molecule has 0 bridgehead atoms. The summed E-state index contributed by atoms with van der Waals surface area (Å²) in [5.41, 5.74) is -0.503. The zero-order valence-electron chi connectivity index (χ0n) is 13.0. The van der Waals surface area contributed by atoms with Gasteiger partial charge in [-0.15, -0.1) is 0 Å². The number of carbonyl (C=O) groups excluding carboxylic acids is 1. The lowest BCUT2D eigenvalue weighted by molar-refractivity contribution is -0.153. The second kappa shape index (κ2) is 5.79. The Morgan fingerprint density at radius 2 is 2.33 bits per heavy atom. The zero-order chi connectivity index (χ0) is 14.9. The SMILES string of the molecule is CCOC(=O)C1(NC2CC2)CCCC(n2ccnc2C)C1. The first kappa shape index (κ1) is 14.6. The van der Waals surface area contributed by atoms with Crippen LogP contribution in [-0.4, -0.2) is 33.7 Å². The summed E-state index contributed by atoms with van der Waals surface area (Å²) >= 11 is 0. The van der Waals surface area contributed by atoms with Gasteiger partial charge in [0.1, 0.15) is 11.4 Å². The van der Waals surface area contributed by atoms with Gasteiger partial charge in [0.2, 0.25) is 0 Å². The summed E-state index contributed by atoms with van der Waals surface area (Å²) < 4.78 is 7.59. The third-order valence-corrected chi connectivity index (χ3v) is 4.70. The molecule has 2 aliphatic carbocycles. The van der Waals surface area contributed by atoms with Gasteiger partial charge in [-0.25, -0.2) is 4.98 Å². The third kappa shape index (κ3) is 2.98. The quantitative estimate of drug-likeness (QED) is 0.846. The van der Waals surface area contributed by atoms with E-state index >= 15 is 0 Å². The Labute approximate surface area is 126 Å². The molecule has 0 spiro atoms. The van der Waals surface area contributed by atoms with E-state index in [9.17, 15) is 4.79 Å². The summed E-state index contributed by atoms with van der Waals surface area (Å²) in [6, 6.07) is 0.828. The van der Waals surface area contributed by atoms with Crippen molar-refractivity contribution in [2.75, 3.05) is 6.61 Å². The van der Waals surface area contributed by atoms with Crippen LogP contribution in [0.5, 0.6) is 0 Å². The van der Waals surface area contributed by atoms with Crippen LogP contribution in [0.2, 0.25) is 0 Å². The molecule has 0 aliphatic heterocycles. The number of aryl methyl sites for hydroxylation is 1. The minimum atomic E-state index is -0.503. The fourth-order valence-corrected chi connectivity index (χ4v) is 3.52. The number of hydrogen-bond acceptors (Lipinski definition) is 4. The molecular weight excluding hydrogens is 266 g/mol. The summed E-state index contributed by atoms with van der Waals surface area (Å²) in [5.74, 6) is 0.949. The molecule has 1 heterocycles. The first-order valence-corrected chi connectivity index (χ1v) is 8.09. The third-order valence-electron chi connectivity index (χ3n) is 4.70. The standard InChI is InChI=1S/C16H25N3O2/c1-3-21-15(20)16(18-13-6-7-13)8-4-5-14(11-16)19-10-9-17-12(19)2/h9-10,13-14,18H,3-8,11H2,1-2H3. The van der Waals surface area contributed by atoms with Gasteiger partial charge >= 0.3 is 5.97 Å². The van der Waals surface area contributed by atoms with Crippen molar-refractivity contribution in [2.45, 2.75) is 70.0 Å². The highest BCUT2D eigenvalue weighted by Gasteiger charge is 2.47. The number of rotatable bonds is 5. The van der Waals surface area contributed by atoms with Crippen LogP contribution in [-0.2, 0) is 9.53 Å². The molecule has 0 amide bonds. The Hall–Kier alpha value is -1.36. The van der Waals surface area contributed by atoms with Crippen molar-refractivity contribution in [3.63, 3.8) is 0 Å². The number of imidazole rings is 1. The maximum absolute atomic E-state index is 12.6. The molecule has 0 saturated heterocycles. The van der Waals surface area contributed by atoms with Gasteiger partial charge in [0.25, 0.3) is 0 Å². The number of esters is 1. The molecule has 0 aromatic carbocycles. The van der Waals surface area contributed by atoms with Gasteiger partial charge < -0.3 is 9.30 Å². The minimum absolute atomic E-state index is 0.0700. The maximum Gasteiger partial charge on any atom is 0.326 e. The van der Waals surface area contributed by atoms with E-state index in [-0.39, 0.29) is 5.97 Å². The van der Waals surface area contributed by atoms with Crippen LogP contribution in [0.4, 0.5) is 0 Å². The Bertz CT molecular complexity index is 509. The van der Waals surface area contributed by atoms with E-state index in [4.69, 9.17) is 4.74 Å². The van der Waals surface area contributed by atoms with Crippen LogP contribution in [0.15, 0.2) is 12.4 Å². The monoisotopic (exact) mass is 291 g/mol. The number of aromatic nitrogens is 2. The molecule has 21 heavy (non-hydrogen) atoms. The van der Waals surface area contributed by atoms with E-state index in [1.807, 2.05) is 26.2 Å². The Morgan fingerprint density at radius 3 is 2.95 bits per heavy atom. The first-order valence-electron chi connectivity index (χ1n) is 8.09. The lowest BCUT2D eigenvalue weighted by Crippen LogP contribution is -2.56. The number of nitrogens with one attached hydrogen (secondary N) is 1. The summed E-state index contributed by atoms with van der Waals surface area (Å²) in [4.78, 5) is 16.9. The molecule has 3 rings (SSSR count). The van der Waals surface area contributed by atoms with Crippen molar-refractivity contribution in [3.8, 4) is 0 Å². The predicted octanol–water partition coefficient (Wildman–Crippen LogP) is 2.36. The van der Waals surface area contributed by atoms with Crippen LogP contribution in [0, 0.1) is 6.92 Å². The summed E-state index contributed by atoms with van der Waals surface area (Å²) in [6.07, 6.45) is 10.0. The van der Waals surface area contributed by atoms with Gasteiger partial charge in [-0.2, -0.15) is 0 Å². The van der Waals surface area contributed by atoms with Crippen molar-refractivity contribution in [1.82, 2.24) is 14.9 Å². The normalized spacial score (nSPS) is 29.3. The number of nitrogens with zero attached hydrogens (tertiary/aromatic N) is 2. The zero-order valence-corrected chi connectivity index (χ0v) is 13.0. The largest absolute Gasteiger partial charge is 0.465 e. The molecule has 1 aromatic heterocycles. The minimum Gasteiger partial charge on any atom is -0.465 e. The second-order valence-electron chi connectivity index (χ2n) is 6.35. The molecule has 1 aromatic rings. The van der Waals surface area contributed by atoms with Crippen LogP contribution in [0.25, 0.3) is 0 Å². The molecule has 2 atom stereocenters. The Morgan fingerprint density at radius 1 is 1.52 bits per heavy atom. The van der Waals surface area contributed by atoms with Crippen LogP contribution in [0.1, 0.15) is 57.3 Å².